The van der Waals surface area contributed by atoms with Gasteiger partial charge in [-0.05, 0) is 18.6 Å². The van der Waals surface area contributed by atoms with Crippen LogP contribution in [0.1, 0.15) is 11.1 Å². The third kappa shape index (κ3) is 2.95. The normalized spacial score (nSPS) is 11.0. The predicted molar refractivity (Wildman–Crippen MR) is 58.8 cm³/mol. The minimum atomic E-state index is -1.30. The maximum atomic E-state index is 11.2. The molecule has 0 heterocycles. The van der Waals surface area contributed by atoms with Gasteiger partial charge in [0.25, 0.3) is 0 Å². The van der Waals surface area contributed by atoms with E-state index in [0.717, 1.165) is 12.7 Å². The molecule has 1 aromatic rings. The van der Waals surface area contributed by atoms with E-state index in [-0.39, 0.29) is 5.57 Å². The molecule has 0 amide bonds. The monoisotopic (exact) mass is 220 g/mol. The van der Waals surface area contributed by atoms with Crippen LogP contribution in [0, 0.1) is 6.92 Å². The number of methoxy groups -OCH3 is 1. The van der Waals surface area contributed by atoms with E-state index in [0.29, 0.717) is 5.56 Å². The molecule has 0 aliphatic carbocycles. The van der Waals surface area contributed by atoms with Crippen LogP contribution in [-0.2, 0) is 14.3 Å². The fourth-order valence-corrected chi connectivity index (χ4v) is 1.15. The molecule has 4 heteroatoms. The molecule has 0 aromatic heterocycles. The zero-order chi connectivity index (χ0) is 12.1. The summed E-state index contributed by atoms with van der Waals surface area (Å²) in [5.74, 6) is -2.15. The van der Waals surface area contributed by atoms with Crippen LogP contribution in [0.4, 0.5) is 0 Å². The summed E-state index contributed by atoms with van der Waals surface area (Å²) in [4.78, 5) is 22.0. The molecule has 0 aliphatic rings. The van der Waals surface area contributed by atoms with Crippen LogP contribution in [0.15, 0.2) is 29.8 Å². The summed E-state index contributed by atoms with van der Waals surface area (Å²) < 4.78 is 4.38. The molecular weight excluding hydrogens is 208 g/mol. The molecule has 0 radical (unpaired) electrons. The first kappa shape index (κ1) is 12.0. The SMILES string of the molecule is COC(=O)/C(=C\c1ccc(C)cc1)C(=O)O. The van der Waals surface area contributed by atoms with Gasteiger partial charge in [-0.1, -0.05) is 29.8 Å². The molecule has 0 bridgehead atoms. The Labute approximate surface area is 93.2 Å². The predicted octanol–water partition coefficient (Wildman–Crippen LogP) is 1.64. The number of carboxylic acids is 1. The summed E-state index contributed by atoms with van der Waals surface area (Å²) in [6, 6.07) is 7.15. The second-order valence-electron chi connectivity index (χ2n) is 3.27. The van der Waals surface area contributed by atoms with Crippen molar-refractivity contribution in [2.45, 2.75) is 6.92 Å². The third-order valence-electron chi connectivity index (χ3n) is 2.02. The lowest BCUT2D eigenvalue weighted by molar-refractivity contribution is -0.142. The molecular formula is C12H12O4. The van der Waals surface area contributed by atoms with Crippen molar-refractivity contribution in [1.82, 2.24) is 0 Å². The van der Waals surface area contributed by atoms with Crippen LogP contribution in [0.5, 0.6) is 0 Å². The lowest BCUT2D eigenvalue weighted by Gasteiger charge is -2.00. The van der Waals surface area contributed by atoms with E-state index >= 15 is 0 Å². The quantitative estimate of drug-likeness (QED) is 0.364. The number of hydrogen-bond donors (Lipinski definition) is 1. The Kier molecular flexibility index (Phi) is 3.83. The number of esters is 1. The maximum Gasteiger partial charge on any atom is 0.345 e. The van der Waals surface area contributed by atoms with Gasteiger partial charge in [0.15, 0.2) is 0 Å². The number of hydrogen-bond acceptors (Lipinski definition) is 3. The molecule has 16 heavy (non-hydrogen) atoms. The standard InChI is InChI=1S/C12H12O4/c1-8-3-5-9(6-4-8)7-10(11(13)14)12(15)16-2/h3-7H,1-2H3,(H,13,14)/b10-7-. The van der Waals surface area contributed by atoms with Crippen molar-refractivity contribution in [2.75, 3.05) is 7.11 Å². The number of rotatable bonds is 3. The van der Waals surface area contributed by atoms with Gasteiger partial charge in [-0.2, -0.15) is 0 Å². The first-order valence-corrected chi connectivity index (χ1v) is 4.64. The minimum Gasteiger partial charge on any atom is -0.477 e. The zero-order valence-electron chi connectivity index (χ0n) is 9.06. The van der Waals surface area contributed by atoms with Crippen molar-refractivity contribution in [3.05, 3.63) is 41.0 Å². The first-order valence-electron chi connectivity index (χ1n) is 4.64. The Morgan fingerprint density at radius 3 is 2.25 bits per heavy atom. The van der Waals surface area contributed by atoms with Crippen molar-refractivity contribution >= 4 is 18.0 Å². The van der Waals surface area contributed by atoms with Crippen LogP contribution >= 0.6 is 0 Å². The fraction of sp³-hybridized carbons (Fsp3) is 0.167. The molecule has 0 aliphatic heterocycles. The molecule has 0 atom stereocenters. The van der Waals surface area contributed by atoms with Gasteiger partial charge in [0.2, 0.25) is 0 Å². The number of carbonyl (C=O) groups is 2. The summed E-state index contributed by atoms with van der Waals surface area (Å²) >= 11 is 0. The van der Waals surface area contributed by atoms with Crippen molar-refractivity contribution in [3.63, 3.8) is 0 Å². The third-order valence-corrected chi connectivity index (χ3v) is 2.02. The second-order valence-corrected chi connectivity index (χ2v) is 3.27. The number of benzene rings is 1. The number of ether oxygens (including phenoxy) is 1. The maximum absolute atomic E-state index is 11.2. The van der Waals surface area contributed by atoms with Gasteiger partial charge >= 0.3 is 11.9 Å². The van der Waals surface area contributed by atoms with Crippen LogP contribution in [-0.4, -0.2) is 24.2 Å². The molecule has 1 rings (SSSR count). The average molecular weight is 220 g/mol. The Morgan fingerprint density at radius 1 is 1.25 bits per heavy atom. The van der Waals surface area contributed by atoms with Gasteiger partial charge in [0.05, 0.1) is 7.11 Å². The zero-order valence-corrected chi connectivity index (χ0v) is 9.06. The molecule has 0 saturated heterocycles. The van der Waals surface area contributed by atoms with Crippen LogP contribution in [0.2, 0.25) is 0 Å². The smallest absolute Gasteiger partial charge is 0.345 e. The topological polar surface area (TPSA) is 63.6 Å². The Hall–Kier alpha value is -2.10. The van der Waals surface area contributed by atoms with Crippen molar-refractivity contribution in [1.29, 1.82) is 0 Å². The molecule has 4 nitrogen and oxygen atoms in total. The lowest BCUT2D eigenvalue weighted by Crippen LogP contribution is -2.13. The molecule has 1 N–H and O–H groups in total. The lowest BCUT2D eigenvalue weighted by atomic mass is 10.1. The first-order chi connectivity index (χ1) is 7.54. The Bertz CT molecular complexity index is 429. The van der Waals surface area contributed by atoms with Crippen LogP contribution in [0.3, 0.4) is 0 Å². The molecule has 0 spiro atoms. The largest absolute Gasteiger partial charge is 0.477 e. The summed E-state index contributed by atoms with van der Waals surface area (Å²) in [6.45, 7) is 1.92. The van der Waals surface area contributed by atoms with E-state index in [1.165, 1.54) is 6.08 Å². The van der Waals surface area contributed by atoms with Gasteiger partial charge in [-0.3, -0.25) is 0 Å². The van der Waals surface area contributed by atoms with E-state index in [2.05, 4.69) is 4.74 Å². The number of aliphatic carboxylic acids is 1. The van der Waals surface area contributed by atoms with Gasteiger partial charge < -0.3 is 9.84 Å². The highest BCUT2D eigenvalue weighted by molar-refractivity contribution is 6.16. The highest BCUT2D eigenvalue weighted by Gasteiger charge is 2.17. The Balaban J connectivity index is 3.07. The summed E-state index contributed by atoms with van der Waals surface area (Å²) in [7, 11) is 1.15. The highest BCUT2D eigenvalue weighted by Crippen LogP contribution is 2.10. The molecule has 84 valence electrons. The molecule has 0 saturated carbocycles. The van der Waals surface area contributed by atoms with Crippen molar-refractivity contribution < 1.29 is 19.4 Å². The average Bonchev–Trinajstić information content (AvgIpc) is 2.27. The van der Waals surface area contributed by atoms with E-state index < -0.39 is 11.9 Å². The van der Waals surface area contributed by atoms with Crippen LogP contribution in [0.25, 0.3) is 6.08 Å². The van der Waals surface area contributed by atoms with Gasteiger partial charge in [-0.15, -0.1) is 0 Å². The van der Waals surface area contributed by atoms with Gasteiger partial charge in [0, 0.05) is 0 Å². The minimum absolute atomic E-state index is 0.383. The van der Waals surface area contributed by atoms with Gasteiger partial charge in [-0.25, -0.2) is 9.59 Å². The van der Waals surface area contributed by atoms with Crippen molar-refractivity contribution in [3.8, 4) is 0 Å². The molecule has 0 unspecified atom stereocenters. The highest BCUT2D eigenvalue weighted by atomic mass is 16.5. The molecule has 1 aromatic carbocycles. The van der Waals surface area contributed by atoms with E-state index in [1.54, 1.807) is 12.1 Å². The fourth-order valence-electron chi connectivity index (χ4n) is 1.15. The van der Waals surface area contributed by atoms with E-state index in [1.807, 2.05) is 19.1 Å². The van der Waals surface area contributed by atoms with Gasteiger partial charge in [0.1, 0.15) is 5.57 Å². The van der Waals surface area contributed by atoms with Crippen molar-refractivity contribution in [2.24, 2.45) is 0 Å². The summed E-state index contributed by atoms with van der Waals surface area (Å²) in [5, 5.41) is 8.82. The number of aryl methyl sites for hydroxylation is 1. The van der Waals surface area contributed by atoms with E-state index in [9.17, 15) is 9.59 Å². The Morgan fingerprint density at radius 2 is 1.81 bits per heavy atom. The molecule has 0 fully saturated rings. The number of carbonyl (C=O) groups excluding carboxylic acids is 1. The summed E-state index contributed by atoms with van der Waals surface area (Å²) in [6.07, 6.45) is 1.29. The number of carboxylic acid groups (broad SMARTS) is 1. The van der Waals surface area contributed by atoms with E-state index in [4.69, 9.17) is 5.11 Å². The summed E-state index contributed by atoms with van der Waals surface area (Å²) in [5.41, 5.74) is 1.33. The van der Waals surface area contributed by atoms with Crippen LogP contribution < -0.4 is 0 Å². The second kappa shape index (κ2) is 5.11.